The Labute approximate surface area is 207 Å². The van der Waals surface area contributed by atoms with E-state index in [0.717, 1.165) is 18.2 Å². The molecule has 0 aliphatic heterocycles. The van der Waals surface area contributed by atoms with Crippen molar-refractivity contribution in [3.8, 4) is 28.2 Å². The summed E-state index contributed by atoms with van der Waals surface area (Å²) in [6, 6.07) is 14.3. The van der Waals surface area contributed by atoms with Crippen LogP contribution in [-0.2, 0) is 18.0 Å². The Hall–Kier alpha value is -3.30. The minimum atomic E-state index is -4.65. The molecule has 0 atom stereocenters. The van der Waals surface area contributed by atoms with E-state index in [-0.39, 0.29) is 22.1 Å². The number of nitrogens with zero attached hydrogens (tertiary/aromatic N) is 2. The molecule has 0 aliphatic carbocycles. The first-order valence-corrected chi connectivity index (χ1v) is 11.0. The van der Waals surface area contributed by atoms with Crippen LogP contribution in [0.25, 0.3) is 28.2 Å². The maximum absolute atomic E-state index is 13.8. The molecule has 3 aromatic carbocycles. The Morgan fingerprint density at radius 3 is 2.11 bits per heavy atom. The lowest BCUT2D eigenvalue weighted by Crippen LogP contribution is -2.15. The third kappa shape index (κ3) is 5.12. The number of hydrogen-bond donors (Lipinski definition) is 1. The third-order valence-electron chi connectivity index (χ3n) is 5.54. The predicted molar refractivity (Wildman–Crippen MR) is 125 cm³/mol. The highest BCUT2D eigenvalue weighted by molar-refractivity contribution is 6.33. The minimum Gasteiger partial charge on any atom is -0.384 e. The summed E-state index contributed by atoms with van der Waals surface area (Å²) in [4.78, 5) is 4.32. The molecule has 4 rings (SSSR count). The number of aromatic nitrogens is 2. The van der Waals surface area contributed by atoms with Gasteiger partial charge in [-0.3, -0.25) is 4.57 Å². The minimum absolute atomic E-state index is 0.0595. The standard InChI is InChI=1S/C26H19ClF6N2O/c1-24(2,36)22-14-35(23(34-22)19-8-3-4-9-20(19)26(31,32)33)17-7-5-6-15(12-17)18-11-10-16(13-21(18)27)25(28,29)30/h3-14,36H,1-2H3. The molecule has 0 fully saturated rings. The van der Waals surface area contributed by atoms with Gasteiger partial charge >= 0.3 is 12.4 Å². The van der Waals surface area contributed by atoms with Gasteiger partial charge in [-0.15, -0.1) is 0 Å². The summed E-state index contributed by atoms with van der Waals surface area (Å²) in [7, 11) is 0. The first-order chi connectivity index (χ1) is 16.7. The van der Waals surface area contributed by atoms with E-state index in [0.29, 0.717) is 16.8 Å². The van der Waals surface area contributed by atoms with Crippen molar-refractivity contribution >= 4 is 11.6 Å². The molecule has 36 heavy (non-hydrogen) atoms. The van der Waals surface area contributed by atoms with Crippen molar-refractivity contribution < 1.29 is 31.4 Å². The summed E-state index contributed by atoms with van der Waals surface area (Å²) >= 11 is 6.15. The van der Waals surface area contributed by atoms with Crippen LogP contribution in [-0.4, -0.2) is 14.7 Å². The molecule has 1 N–H and O–H groups in total. The molecule has 1 aromatic heterocycles. The molecular weight excluding hydrogens is 506 g/mol. The van der Waals surface area contributed by atoms with Crippen LogP contribution >= 0.6 is 11.6 Å². The Bertz CT molecular complexity index is 1420. The van der Waals surface area contributed by atoms with Crippen molar-refractivity contribution in [2.75, 3.05) is 0 Å². The highest BCUT2D eigenvalue weighted by atomic mass is 35.5. The van der Waals surface area contributed by atoms with E-state index in [4.69, 9.17) is 11.6 Å². The molecule has 0 radical (unpaired) electrons. The van der Waals surface area contributed by atoms with Crippen molar-refractivity contribution in [3.63, 3.8) is 0 Å². The van der Waals surface area contributed by atoms with Gasteiger partial charge in [0.1, 0.15) is 11.4 Å². The number of alkyl halides is 6. The largest absolute Gasteiger partial charge is 0.417 e. The maximum atomic E-state index is 13.8. The Morgan fingerprint density at radius 2 is 1.50 bits per heavy atom. The molecular formula is C26H19ClF6N2O. The summed E-state index contributed by atoms with van der Waals surface area (Å²) in [6.07, 6.45) is -7.79. The SMILES string of the molecule is CC(C)(O)c1cn(-c2cccc(-c3ccc(C(F)(F)F)cc3Cl)c2)c(-c2ccccc2C(F)(F)F)n1. The van der Waals surface area contributed by atoms with Crippen molar-refractivity contribution in [2.45, 2.75) is 31.8 Å². The molecule has 0 amide bonds. The van der Waals surface area contributed by atoms with Gasteiger partial charge in [-0.25, -0.2) is 4.98 Å². The summed E-state index contributed by atoms with van der Waals surface area (Å²) in [5, 5.41) is 10.4. The van der Waals surface area contributed by atoms with Crippen LogP contribution in [0.15, 0.2) is 72.9 Å². The van der Waals surface area contributed by atoms with E-state index in [2.05, 4.69) is 4.98 Å². The van der Waals surface area contributed by atoms with Crippen molar-refractivity contribution in [1.82, 2.24) is 9.55 Å². The van der Waals surface area contributed by atoms with E-state index in [9.17, 15) is 31.4 Å². The molecule has 10 heteroatoms. The predicted octanol–water partition coefficient (Wildman–Crippen LogP) is 8.12. The van der Waals surface area contributed by atoms with Crippen molar-refractivity contribution in [1.29, 1.82) is 0 Å². The molecule has 0 saturated carbocycles. The lowest BCUT2D eigenvalue weighted by molar-refractivity contribution is -0.138. The molecule has 0 aliphatic rings. The summed E-state index contributed by atoms with van der Waals surface area (Å²) in [5.41, 5.74) is -2.19. The average Bonchev–Trinajstić information content (AvgIpc) is 3.24. The summed E-state index contributed by atoms with van der Waals surface area (Å²) in [6.45, 7) is 2.91. The van der Waals surface area contributed by atoms with Crippen LogP contribution < -0.4 is 0 Å². The lowest BCUT2D eigenvalue weighted by Gasteiger charge is -2.15. The second kappa shape index (κ2) is 8.97. The van der Waals surface area contributed by atoms with Crippen LogP contribution in [0.1, 0.15) is 30.7 Å². The molecule has 0 bridgehead atoms. The van der Waals surface area contributed by atoms with Gasteiger partial charge in [0, 0.05) is 28.0 Å². The first kappa shape index (κ1) is 25.8. The van der Waals surface area contributed by atoms with Gasteiger partial charge in [0.2, 0.25) is 0 Å². The van der Waals surface area contributed by atoms with Gasteiger partial charge in [-0.1, -0.05) is 48.0 Å². The molecule has 1 heterocycles. The smallest absolute Gasteiger partial charge is 0.384 e. The van der Waals surface area contributed by atoms with Crippen LogP contribution in [0.5, 0.6) is 0 Å². The maximum Gasteiger partial charge on any atom is 0.417 e. The van der Waals surface area contributed by atoms with Crippen LogP contribution in [0.3, 0.4) is 0 Å². The fourth-order valence-electron chi connectivity index (χ4n) is 3.74. The van der Waals surface area contributed by atoms with Gasteiger partial charge in [0.25, 0.3) is 0 Å². The van der Waals surface area contributed by atoms with E-state index < -0.39 is 29.1 Å². The second-order valence-electron chi connectivity index (χ2n) is 8.66. The highest BCUT2D eigenvalue weighted by Crippen LogP contribution is 2.39. The topological polar surface area (TPSA) is 38.0 Å². The number of halogens is 7. The monoisotopic (exact) mass is 524 g/mol. The average molecular weight is 525 g/mol. The second-order valence-corrected chi connectivity index (χ2v) is 9.07. The lowest BCUT2D eigenvalue weighted by atomic mass is 10.0. The zero-order valence-electron chi connectivity index (χ0n) is 18.9. The summed E-state index contributed by atoms with van der Waals surface area (Å²) < 4.78 is 81.8. The first-order valence-electron chi connectivity index (χ1n) is 10.6. The van der Waals surface area contributed by atoms with Gasteiger partial charge in [-0.05, 0) is 49.7 Å². The molecule has 0 saturated heterocycles. The zero-order valence-corrected chi connectivity index (χ0v) is 19.7. The molecule has 3 nitrogen and oxygen atoms in total. The molecule has 188 valence electrons. The Balaban J connectivity index is 1.90. The number of hydrogen-bond acceptors (Lipinski definition) is 2. The van der Waals surface area contributed by atoms with E-state index in [1.807, 2.05) is 0 Å². The van der Waals surface area contributed by atoms with Crippen LogP contribution in [0.4, 0.5) is 26.3 Å². The Morgan fingerprint density at radius 1 is 0.806 bits per heavy atom. The van der Waals surface area contributed by atoms with Crippen molar-refractivity contribution in [2.24, 2.45) is 0 Å². The number of benzene rings is 3. The van der Waals surface area contributed by atoms with E-state index in [1.54, 1.807) is 24.3 Å². The van der Waals surface area contributed by atoms with Gasteiger partial charge in [-0.2, -0.15) is 26.3 Å². The Kier molecular flexibility index (Phi) is 6.43. The number of rotatable bonds is 4. The van der Waals surface area contributed by atoms with Crippen LogP contribution in [0, 0.1) is 0 Å². The number of imidazole rings is 1. The number of aliphatic hydroxyl groups is 1. The van der Waals surface area contributed by atoms with Crippen molar-refractivity contribution in [3.05, 3.63) is 94.8 Å². The molecule has 4 aromatic rings. The fourth-order valence-corrected chi connectivity index (χ4v) is 4.03. The quantitative estimate of drug-likeness (QED) is 0.274. The molecule has 0 unspecified atom stereocenters. The van der Waals surface area contributed by atoms with E-state index >= 15 is 0 Å². The zero-order chi connectivity index (χ0) is 26.5. The summed E-state index contributed by atoms with van der Waals surface area (Å²) in [5.74, 6) is -0.0595. The molecule has 0 spiro atoms. The van der Waals surface area contributed by atoms with Gasteiger partial charge in [0.05, 0.1) is 16.8 Å². The highest BCUT2D eigenvalue weighted by Gasteiger charge is 2.35. The van der Waals surface area contributed by atoms with Crippen LogP contribution in [0.2, 0.25) is 5.02 Å². The van der Waals surface area contributed by atoms with Gasteiger partial charge < -0.3 is 5.11 Å². The fraction of sp³-hybridized carbons (Fsp3) is 0.192. The van der Waals surface area contributed by atoms with E-state index in [1.165, 1.54) is 48.9 Å². The normalized spacial score (nSPS) is 12.7. The van der Waals surface area contributed by atoms with Gasteiger partial charge in [0.15, 0.2) is 0 Å². The third-order valence-corrected chi connectivity index (χ3v) is 5.85.